The number of thioether (sulfide) groups is 1. The summed E-state index contributed by atoms with van der Waals surface area (Å²) in [5.74, 6) is 1.54. The van der Waals surface area contributed by atoms with Crippen molar-refractivity contribution >= 4 is 46.4 Å². The van der Waals surface area contributed by atoms with Crippen LogP contribution < -0.4 is 10.6 Å². The Hall–Kier alpha value is -2.19. The van der Waals surface area contributed by atoms with Crippen LogP contribution in [-0.2, 0) is 4.74 Å². The van der Waals surface area contributed by atoms with Gasteiger partial charge in [0.15, 0.2) is 0 Å². The number of aliphatic imine (C=N–C) groups is 1. The molecule has 1 aromatic carbocycles. The highest BCUT2D eigenvalue weighted by atomic mass is 32.2. The van der Waals surface area contributed by atoms with Crippen molar-refractivity contribution in [2.24, 2.45) is 10.7 Å². The van der Waals surface area contributed by atoms with E-state index in [-0.39, 0.29) is 6.09 Å². The molecular formula is C22H30N4O2S2. The Morgan fingerprint density at radius 2 is 2.13 bits per heavy atom. The second-order valence-corrected chi connectivity index (χ2v) is 10.1. The second-order valence-electron chi connectivity index (χ2n) is 8.02. The van der Waals surface area contributed by atoms with E-state index in [1.165, 1.54) is 10.6 Å². The first-order valence-electron chi connectivity index (χ1n) is 10.1. The zero-order chi connectivity index (χ0) is 21.7. The van der Waals surface area contributed by atoms with Crippen molar-refractivity contribution in [3.63, 3.8) is 0 Å². The molecule has 6 nitrogen and oxygen atoms in total. The highest BCUT2D eigenvalue weighted by Crippen LogP contribution is 2.37. The molecule has 1 aliphatic rings. The molecule has 0 fully saturated rings. The topological polar surface area (TPSA) is 71.2 Å². The van der Waals surface area contributed by atoms with E-state index in [4.69, 9.17) is 10.5 Å². The lowest BCUT2D eigenvalue weighted by Gasteiger charge is -2.33. The van der Waals surface area contributed by atoms with E-state index in [0.29, 0.717) is 18.9 Å². The van der Waals surface area contributed by atoms with Crippen molar-refractivity contribution in [3.8, 4) is 0 Å². The summed E-state index contributed by atoms with van der Waals surface area (Å²) in [7, 11) is 0. The number of fused-ring (bicyclic) bond motifs is 1. The highest BCUT2D eigenvalue weighted by molar-refractivity contribution is 7.99. The fourth-order valence-corrected chi connectivity index (χ4v) is 4.84. The van der Waals surface area contributed by atoms with Crippen LogP contribution in [0.2, 0.25) is 0 Å². The van der Waals surface area contributed by atoms with Gasteiger partial charge >= 0.3 is 6.09 Å². The number of amidine groups is 1. The van der Waals surface area contributed by atoms with Crippen LogP contribution in [0.4, 0.5) is 16.2 Å². The Morgan fingerprint density at radius 3 is 2.80 bits per heavy atom. The number of hydrogen-bond acceptors (Lipinski definition) is 6. The number of benzene rings is 1. The van der Waals surface area contributed by atoms with Gasteiger partial charge in [-0.05, 0) is 57.3 Å². The van der Waals surface area contributed by atoms with Crippen molar-refractivity contribution in [2.45, 2.75) is 38.2 Å². The average molecular weight is 447 g/mol. The molecule has 0 unspecified atom stereocenters. The lowest BCUT2D eigenvalue weighted by Crippen LogP contribution is -2.42. The molecular weight excluding hydrogens is 416 g/mol. The number of hydrogen-bond donors (Lipinski definition) is 1. The van der Waals surface area contributed by atoms with Crippen LogP contribution in [0.25, 0.3) is 0 Å². The number of nitrogens with two attached hydrogens (primary N) is 1. The molecule has 8 heteroatoms. The molecule has 1 aromatic heterocycles. The third-order valence-electron chi connectivity index (χ3n) is 4.60. The van der Waals surface area contributed by atoms with Gasteiger partial charge in [0.05, 0.1) is 16.3 Å². The first kappa shape index (κ1) is 22.5. The van der Waals surface area contributed by atoms with Crippen LogP contribution in [0.1, 0.15) is 32.6 Å². The summed E-state index contributed by atoms with van der Waals surface area (Å²) in [6, 6.07) is 10.1. The van der Waals surface area contributed by atoms with Crippen LogP contribution in [0.3, 0.4) is 0 Å². The molecule has 162 valence electrons. The van der Waals surface area contributed by atoms with E-state index in [1.54, 1.807) is 16.2 Å². The summed E-state index contributed by atoms with van der Waals surface area (Å²) in [6.07, 6.45) is -0.259. The van der Waals surface area contributed by atoms with E-state index in [9.17, 15) is 4.79 Å². The van der Waals surface area contributed by atoms with Gasteiger partial charge in [-0.3, -0.25) is 0 Å². The number of ether oxygens (including phenoxy) is 1. The number of likely N-dealkylation sites (N-methyl/N-ethyl adjacent to an activating group) is 1. The smallest absolute Gasteiger partial charge is 0.410 e. The van der Waals surface area contributed by atoms with Gasteiger partial charge in [-0.1, -0.05) is 6.07 Å². The first-order valence-corrected chi connectivity index (χ1v) is 12.0. The SMILES string of the molecule is CCN(CCN1CCSc2cc(N=C(N)c3cccs3)ccc21)C(=O)OC(C)(C)C. The molecule has 3 rings (SSSR count). The van der Waals surface area contributed by atoms with Gasteiger partial charge < -0.3 is 20.3 Å². The second kappa shape index (κ2) is 9.75. The predicted octanol–water partition coefficient (Wildman–Crippen LogP) is 4.95. The minimum absolute atomic E-state index is 0.259. The van der Waals surface area contributed by atoms with Crippen LogP contribution in [0.15, 0.2) is 45.6 Å². The Bertz CT molecular complexity index is 891. The number of nitrogens with zero attached hydrogens (tertiary/aromatic N) is 3. The first-order chi connectivity index (χ1) is 14.3. The van der Waals surface area contributed by atoms with Crippen LogP contribution >= 0.6 is 23.1 Å². The number of anilines is 1. The molecule has 0 spiro atoms. The van der Waals surface area contributed by atoms with Gasteiger partial charge in [0.1, 0.15) is 11.4 Å². The summed E-state index contributed by atoms with van der Waals surface area (Å²) < 4.78 is 5.52. The van der Waals surface area contributed by atoms with Gasteiger partial charge in [0, 0.05) is 36.8 Å². The van der Waals surface area contributed by atoms with E-state index in [2.05, 4.69) is 22.0 Å². The molecule has 0 atom stereocenters. The number of thiophene rings is 1. The number of carbonyl (C=O) groups excluding carboxylic acids is 1. The number of rotatable bonds is 6. The maximum atomic E-state index is 12.4. The number of amides is 1. The van der Waals surface area contributed by atoms with Gasteiger partial charge in [-0.25, -0.2) is 9.79 Å². The molecule has 30 heavy (non-hydrogen) atoms. The highest BCUT2D eigenvalue weighted by Gasteiger charge is 2.23. The maximum Gasteiger partial charge on any atom is 0.410 e. The van der Waals surface area contributed by atoms with Crippen molar-refractivity contribution < 1.29 is 9.53 Å². The van der Waals surface area contributed by atoms with Crippen LogP contribution in [0.5, 0.6) is 0 Å². The summed E-state index contributed by atoms with van der Waals surface area (Å²) in [4.78, 5) is 23.2. The molecule has 1 aliphatic heterocycles. The summed E-state index contributed by atoms with van der Waals surface area (Å²) in [5, 5.41) is 2.00. The normalized spacial score (nSPS) is 14.4. The van der Waals surface area contributed by atoms with Crippen LogP contribution in [-0.4, -0.2) is 54.4 Å². The Labute approximate surface area is 187 Å². The zero-order valence-corrected chi connectivity index (χ0v) is 19.7. The quantitative estimate of drug-likeness (QED) is 0.502. The lowest BCUT2D eigenvalue weighted by molar-refractivity contribution is 0.0265. The molecule has 1 amide bonds. The van der Waals surface area contributed by atoms with Crippen molar-refractivity contribution in [1.29, 1.82) is 0 Å². The third kappa shape index (κ3) is 5.92. The van der Waals surface area contributed by atoms with Crippen LogP contribution in [0, 0.1) is 0 Å². The van der Waals surface area contributed by atoms with E-state index >= 15 is 0 Å². The van der Waals surface area contributed by atoms with Crippen molar-refractivity contribution in [1.82, 2.24) is 4.90 Å². The number of carbonyl (C=O) groups is 1. The molecule has 0 aliphatic carbocycles. The molecule has 2 heterocycles. The Balaban J connectivity index is 1.68. The monoisotopic (exact) mass is 446 g/mol. The molecule has 0 saturated carbocycles. The third-order valence-corrected chi connectivity index (χ3v) is 6.52. The molecule has 2 aromatic rings. The largest absolute Gasteiger partial charge is 0.444 e. The minimum Gasteiger partial charge on any atom is -0.444 e. The fraction of sp³-hybridized carbons (Fsp3) is 0.455. The van der Waals surface area contributed by atoms with Gasteiger partial charge in [-0.2, -0.15) is 0 Å². The van der Waals surface area contributed by atoms with Gasteiger partial charge in [0.2, 0.25) is 0 Å². The molecule has 0 bridgehead atoms. The Kier molecular flexibility index (Phi) is 7.31. The fourth-order valence-electron chi connectivity index (χ4n) is 3.13. The standard InChI is InChI=1S/C22H30N4O2S2/c1-5-25(21(27)28-22(2,3)4)10-11-26-12-14-30-19-15-16(8-9-17(19)26)24-20(23)18-7-6-13-29-18/h6-9,13,15H,5,10-12,14H2,1-4H3,(H2,23,24). The van der Waals surface area contributed by atoms with E-state index in [0.717, 1.165) is 29.4 Å². The zero-order valence-electron chi connectivity index (χ0n) is 18.1. The van der Waals surface area contributed by atoms with E-state index in [1.807, 2.05) is 63.0 Å². The molecule has 0 radical (unpaired) electrons. The summed E-state index contributed by atoms with van der Waals surface area (Å²) in [6.45, 7) is 10.6. The van der Waals surface area contributed by atoms with E-state index < -0.39 is 5.60 Å². The molecule has 0 saturated heterocycles. The summed E-state index contributed by atoms with van der Waals surface area (Å²) in [5.41, 5.74) is 7.69. The Morgan fingerprint density at radius 1 is 1.33 bits per heavy atom. The summed E-state index contributed by atoms with van der Waals surface area (Å²) >= 11 is 3.42. The van der Waals surface area contributed by atoms with Gasteiger partial charge in [0.25, 0.3) is 0 Å². The maximum absolute atomic E-state index is 12.4. The van der Waals surface area contributed by atoms with Crippen molar-refractivity contribution in [2.75, 3.05) is 36.8 Å². The lowest BCUT2D eigenvalue weighted by atomic mass is 10.2. The predicted molar refractivity (Wildman–Crippen MR) is 128 cm³/mol. The molecule has 2 N–H and O–H groups in total. The van der Waals surface area contributed by atoms with Crippen molar-refractivity contribution in [3.05, 3.63) is 40.6 Å². The minimum atomic E-state index is -0.485. The average Bonchev–Trinajstić information content (AvgIpc) is 3.22. The van der Waals surface area contributed by atoms with Gasteiger partial charge in [-0.15, -0.1) is 23.1 Å².